The molecule has 29 heteroatoms. The van der Waals surface area contributed by atoms with Crippen molar-refractivity contribution >= 4 is 198 Å². The van der Waals surface area contributed by atoms with Gasteiger partial charge < -0.3 is 18.9 Å². The molecule has 6 nitrogen and oxygen atoms in total. The summed E-state index contributed by atoms with van der Waals surface area (Å²) in [7, 11) is 35.7. The van der Waals surface area contributed by atoms with Crippen LogP contribution in [0.25, 0.3) is 0 Å². The Hall–Kier alpha value is 8.39. The molecule has 0 radical (unpaired) electrons. The number of esters is 1. The molecule has 1 saturated heterocycles. The van der Waals surface area contributed by atoms with E-state index < -0.39 is 117 Å². The second-order valence-electron chi connectivity index (χ2n) is 12.7. The van der Waals surface area contributed by atoms with Crippen molar-refractivity contribution in [3.63, 3.8) is 0 Å². The Balaban J connectivity index is 2.36. The van der Waals surface area contributed by atoms with Gasteiger partial charge >= 0.3 is 5.97 Å². The first kappa shape index (κ1) is 52.7. The molecule has 2 bridgehead atoms. The molecule has 1 saturated carbocycles. The summed E-state index contributed by atoms with van der Waals surface area (Å²) in [6.07, 6.45) is 2.22. The molecule has 0 aromatic rings. The van der Waals surface area contributed by atoms with Crippen LogP contribution in [-0.2, 0) is 23.4 Å². The van der Waals surface area contributed by atoms with Crippen molar-refractivity contribution in [3.8, 4) is 0 Å². The molecule has 2 aliphatic carbocycles. The zero-order valence-electron chi connectivity index (χ0n) is 28.3. The quantitative estimate of drug-likeness (QED) is 0.0718. The van der Waals surface area contributed by atoms with Crippen LogP contribution in [0.15, 0.2) is 23.8 Å². The molecule has 23 atom stereocenters. The number of carbonyl (C=O) groups is 2. The number of hydrogen-bond donors (Lipinski definition) is 1. The minimum atomic E-state index is -2.29. The number of hydrogen-bond acceptors (Lipinski definition) is 6. The van der Waals surface area contributed by atoms with Crippen molar-refractivity contribution in [2.45, 2.75) is 77.3 Å². The van der Waals surface area contributed by atoms with Gasteiger partial charge in [0, 0.05) is 26.9 Å². The summed E-state index contributed by atoms with van der Waals surface area (Å²) >= 11 is 0. The predicted octanol–water partition coefficient (Wildman–Crippen LogP) is 15.8. The van der Waals surface area contributed by atoms with Crippen LogP contribution >= 0.6 is 186 Å². The van der Waals surface area contributed by atoms with Crippen molar-refractivity contribution in [2.75, 3.05) is 0 Å². The Morgan fingerprint density at radius 1 is 0.900 bits per heavy atom. The number of cyclic esters (lactones) is 1. The molecule has 18 unspecified atom stereocenters. The summed E-state index contributed by atoms with van der Waals surface area (Å²) in [6, 6.07) is 0. The summed E-state index contributed by atoms with van der Waals surface area (Å²) in [4.78, 5) is 29.0. The predicted molar refractivity (Wildman–Crippen MR) is 290 cm³/mol. The van der Waals surface area contributed by atoms with Crippen LogP contribution in [0.5, 0.6) is 0 Å². The maximum atomic E-state index is 15.1. The summed E-state index contributed by atoms with van der Waals surface area (Å²) in [5, 5.41) is 12.7. The van der Waals surface area contributed by atoms with E-state index in [1.807, 2.05) is 6.92 Å². The van der Waals surface area contributed by atoms with Crippen molar-refractivity contribution < 1.29 is 28.5 Å². The van der Waals surface area contributed by atoms with E-state index in [4.69, 9.17) is 13.8 Å². The van der Waals surface area contributed by atoms with E-state index in [0.29, 0.717) is 33.6 Å². The lowest BCUT2D eigenvalue weighted by Crippen LogP contribution is -2.64. The van der Waals surface area contributed by atoms with Crippen LogP contribution in [0.3, 0.4) is 0 Å². The molecule has 1 N–H and O–H groups in total. The van der Waals surface area contributed by atoms with Crippen LogP contribution in [0, 0.1) is 16.7 Å². The summed E-state index contributed by atoms with van der Waals surface area (Å²) < 4.78 is 21.0. The highest BCUT2D eigenvalue weighted by Gasteiger charge is 2.72. The molecule has 2 fully saturated rings. The SMILES string of the molecule is C=CCC[C@@H]1OC(=O)[C@@]2(O)C(=O)C3C[C@H](OP(P(P)P(P)P)P(P(P)P)P(P)P)C(C)=C([C@H](OP(P(P)P)P(PP)P(P)P)C[C@]12C)C3(C)C. The van der Waals surface area contributed by atoms with E-state index >= 15 is 4.79 Å². The maximum absolute atomic E-state index is 15.1. The van der Waals surface area contributed by atoms with Gasteiger partial charge in [-0.25, -0.2) is 4.79 Å². The fourth-order valence-corrected chi connectivity index (χ4v) is 169. The van der Waals surface area contributed by atoms with Crippen LogP contribution < -0.4 is 0 Å². The highest BCUT2D eigenvalue weighted by molar-refractivity contribution is 9.19. The summed E-state index contributed by atoms with van der Waals surface area (Å²) in [5.74, 6) is -1.91. The van der Waals surface area contributed by atoms with E-state index in [9.17, 15) is 9.90 Å². The number of aliphatic hydroxyl groups is 1. The fraction of sp³-hybridized carbons (Fsp3) is 0.714. The summed E-state index contributed by atoms with van der Waals surface area (Å²) in [6.45, 7) is 8.56. The first-order valence-electron chi connectivity index (χ1n) is 14.9. The zero-order valence-corrected chi connectivity index (χ0v) is 52.1. The Morgan fingerprint density at radius 3 is 1.92 bits per heavy atom. The molecule has 1 heterocycles. The number of ketones is 1. The number of carbonyl (C=O) groups excluding carboxylic acids is 2. The highest BCUT2D eigenvalue weighted by Crippen LogP contribution is 3.18. The monoisotopic (exact) mass is 1110 g/mol. The lowest BCUT2D eigenvalue weighted by atomic mass is 9.52. The second-order valence-corrected chi connectivity index (χ2v) is 95.9. The van der Waals surface area contributed by atoms with Gasteiger partial charge in [0.1, 0.15) is 6.10 Å². The lowest BCUT2D eigenvalue weighted by molar-refractivity contribution is -0.172. The zero-order chi connectivity index (χ0) is 38.3. The first-order chi connectivity index (χ1) is 23.0. The van der Waals surface area contributed by atoms with Crippen LogP contribution in [0.1, 0.15) is 53.4 Å². The molecule has 0 aromatic carbocycles. The van der Waals surface area contributed by atoms with E-state index in [0.717, 1.165) is 11.1 Å². The third kappa shape index (κ3) is 11.5. The first-order valence-corrected chi connectivity index (χ1v) is 55.2. The third-order valence-electron chi connectivity index (χ3n) is 9.36. The smallest absolute Gasteiger partial charge is 0.347 e. The number of fused-ring (bicyclic) bond motifs is 3. The number of allylic oxidation sites excluding steroid dienone is 1. The van der Waals surface area contributed by atoms with Crippen LogP contribution in [0.4, 0.5) is 0 Å². The van der Waals surface area contributed by atoms with Gasteiger partial charge in [-0.15, -0.1) is 105 Å². The summed E-state index contributed by atoms with van der Waals surface area (Å²) in [5.41, 5.74) is -1.89. The van der Waals surface area contributed by atoms with Gasteiger partial charge in [-0.1, -0.05) is 43.7 Å². The lowest BCUT2D eigenvalue weighted by Gasteiger charge is -2.54. The third-order valence-corrected chi connectivity index (χ3v) is 127. The van der Waals surface area contributed by atoms with E-state index in [-0.39, 0.29) is 6.10 Å². The minimum absolute atomic E-state index is 0.301. The van der Waals surface area contributed by atoms with E-state index in [1.54, 1.807) is 6.08 Å². The molecule has 0 amide bonds. The Morgan fingerprint density at radius 2 is 1.46 bits per heavy atom. The van der Waals surface area contributed by atoms with Gasteiger partial charge in [0.05, 0.1) is 32.7 Å². The molecule has 288 valence electrons. The Bertz CT molecular complexity index is 1260. The molecular weight excluding hydrogens is 1060 g/mol. The van der Waals surface area contributed by atoms with Gasteiger partial charge in [-0.3, -0.25) is 4.79 Å². The molecular formula is C21H53O6P23. The fourth-order valence-electron chi connectivity index (χ4n) is 6.91. The average Bonchev–Trinajstić information content (AvgIpc) is 3.19. The average molecular weight is 1110 g/mol. The maximum Gasteiger partial charge on any atom is 0.347 e. The number of rotatable bonds is 16. The van der Waals surface area contributed by atoms with Crippen molar-refractivity contribution in [1.29, 1.82) is 0 Å². The number of Topliss-reactive ketones (excluding diaryl/α,β-unsaturated/α-hetero) is 1. The van der Waals surface area contributed by atoms with E-state index in [2.05, 4.69) is 134 Å². The van der Waals surface area contributed by atoms with Gasteiger partial charge in [-0.2, -0.15) is 0 Å². The van der Waals surface area contributed by atoms with E-state index in [1.165, 1.54) is 0 Å². The van der Waals surface area contributed by atoms with Crippen molar-refractivity contribution in [3.05, 3.63) is 23.8 Å². The van der Waals surface area contributed by atoms with Crippen molar-refractivity contribution in [1.82, 2.24) is 0 Å². The van der Waals surface area contributed by atoms with Crippen molar-refractivity contribution in [2.24, 2.45) is 16.7 Å². The van der Waals surface area contributed by atoms with Crippen LogP contribution in [0.2, 0.25) is 0 Å². The number of ether oxygens (including phenoxy) is 1. The topological polar surface area (TPSA) is 82.1 Å². The molecule has 50 heavy (non-hydrogen) atoms. The van der Waals surface area contributed by atoms with Gasteiger partial charge in [0.2, 0.25) is 5.60 Å². The largest absolute Gasteiger partial charge is 0.459 e. The second kappa shape index (κ2) is 22.8. The molecule has 0 spiro atoms. The molecule has 3 rings (SSSR count). The Kier molecular flexibility index (Phi) is 24.1. The normalized spacial score (nSPS) is 32.7. The molecule has 0 aromatic heterocycles. The Labute approximate surface area is 341 Å². The molecule has 1 aliphatic heterocycles. The minimum Gasteiger partial charge on any atom is -0.459 e. The van der Waals surface area contributed by atoms with Gasteiger partial charge in [0.15, 0.2) is 5.78 Å². The van der Waals surface area contributed by atoms with Gasteiger partial charge in [-0.05, 0) is 84.1 Å². The van der Waals surface area contributed by atoms with Crippen LogP contribution in [-0.4, -0.2) is 40.8 Å². The highest BCUT2D eigenvalue weighted by atomic mass is 33.2. The van der Waals surface area contributed by atoms with Gasteiger partial charge in [0.25, 0.3) is 0 Å². The molecule has 3 aliphatic rings. The standard InChI is InChI=1S/C21H53O6P23/c1-6-7-8-15-20(5)10-14(27-41(43(29)30)49(40-28)45(33)34)16-11(2)13(26-42(48(39)44(31)32)50(46(35)36)47(37)38)9-12(19(16,3)4)17(22)21(20,24)18(23)25-15/h6,12-15,24,40H,1,7-10,28-39H2,2-5H3/t12?,13-,14+,15-,20+,21-,41?,42?,48?,49?/m0/s1.